The summed E-state index contributed by atoms with van der Waals surface area (Å²) in [5.41, 5.74) is 6.13. The zero-order valence-electron chi connectivity index (χ0n) is 12.0. The molecule has 3 heteroatoms. The van der Waals surface area contributed by atoms with Gasteiger partial charge in [-0.15, -0.1) is 0 Å². The molecule has 0 heterocycles. The van der Waals surface area contributed by atoms with Crippen molar-refractivity contribution in [3.8, 4) is 0 Å². The van der Waals surface area contributed by atoms with Gasteiger partial charge in [0.25, 0.3) is 0 Å². The molecule has 0 spiro atoms. The highest BCUT2D eigenvalue weighted by Crippen LogP contribution is 2.35. The maximum atomic E-state index is 6.13. The summed E-state index contributed by atoms with van der Waals surface area (Å²) in [6.45, 7) is 9.74. The van der Waals surface area contributed by atoms with Gasteiger partial charge in [0.05, 0.1) is 6.61 Å². The maximum absolute atomic E-state index is 6.13. The first-order chi connectivity index (χ1) is 8.06. The van der Waals surface area contributed by atoms with Crippen molar-refractivity contribution in [2.75, 3.05) is 26.8 Å². The Hall–Kier alpha value is -0.120. The molecule has 1 aliphatic rings. The van der Waals surface area contributed by atoms with Crippen LogP contribution in [0.15, 0.2) is 0 Å². The first-order valence-corrected chi connectivity index (χ1v) is 7.04. The number of nitrogens with two attached hydrogens (primary N) is 1. The minimum Gasteiger partial charge on any atom is -0.383 e. The van der Waals surface area contributed by atoms with Gasteiger partial charge in [-0.1, -0.05) is 13.8 Å². The van der Waals surface area contributed by atoms with Crippen LogP contribution in [-0.4, -0.2) is 43.8 Å². The van der Waals surface area contributed by atoms with Gasteiger partial charge in [0.1, 0.15) is 0 Å². The second-order valence-electron chi connectivity index (χ2n) is 5.80. The highest BCUT2D eigenvalue weighted by Gasteiger charge is 2.31. The standard InChI is InChI=1S/C14H30N2O/c1-11(2)14(15)7-8-16(9-10-17-4)12(3)13-5-6-13/h11-14H,5-10,15H2,1-4H3. The Balaban J connectivity index is 2.33. The van der Waals surface area contributed by atoms with E-state index in [2.05, 4.69) is 25.7 Å². The van der Waals surface area contributed by atoms with E-state index in [-0.39, 0.29) is 0 Å². The second-order valence-corrected chi connectivity index (χ2v) is 5.80. The first kappa shape index (κ1) is 14.9. The van der Waals surface area contributed by atoms with Crippen LogP contribution in [0.25, 0.3) is 0 Å². The normalized spacial score (nSPS) is 19.9. The predicted molar refractivity (Wildman–Crippen MR) is 73.1 cm³/mol. The van der Waals surface area contributed by atoms with Crippen LogP contribution in [0, 0.1) is 11.8 Å². The Labute approximate surface area is 107 Å². The van der Waals surface area contributed by atoms with Crippen molar-refractivity contribution >= 4 is 0 Å². The van der Waals surface area contributed by atoms with Gasteiger partial charge in [-0.05, 0) is 38.0 Å². The molecule has 17 heavy (non-hydrogen) atoms. The van der Waals surface area contributed by atoms with Crippen LogP contribution in [-0.2, 0) is 4.74 Å². The van der Waals surface area contributed by atoms with Crippen LogP contribution in [0.3, 0.4) is 0 Å². The molecule has 0 amide bonds. The Morgan fingerprint density at radius 1 is 1.24 bits per heavy atom. The number of nitrogens with zero attached hydrogens (tertiary/aromatic N) is 1. The largest absolute Gasteiger partial charge is 0.383 e. The Morgan fingerprint density at radius 2 is 1.88 bits per heavy atom. The monoisotopic (exact) mass is 242 g/mol. The van der Waals surface area contributed by atoms with Crippen molar-refractivity contribution in [3.05, 3.63) is 0 Å². The zero-order valence-corrected chi connectivity index (χ0v) is 12.0. The van der Waals surface area contributed by atoms with Crippen molar-refractivity contribution in [3.63, 3.8) is 0 Å². The number of hydrogen-bond donors (Lipinski definition) is 1. The van der Waals surface area contributed by atoms with Gasteiger partial charge in [0.15, 0.2) is 0 Å². The summed E-state index contributed by atoms with van der Waals surface area (Å²) in [4.78, 5) is 2.56. The molecule has 102 valence electrons. The van der Waals surface area contributed by atoms with E-state index in [1.54, 1.807) is 7.11 Å². The molecular formula is C14H30N2O. The number of methoxy groups -OCH3 is 1. The van der Waals surface area contributed by atoms with E-state index in [0.717, 1.165) is 32.0 Å². The highest BCUT2D eigenvalue weighted by atomic mass is 16.5. The van der Waals surface area contributed by atoms with Crippen LogP contribution in [0.1, 0.15) is 40.0 Å². The molecule has 2 N–H and O–H groups in total. The molecule has 1 fully saturated rings. The van der Waals surface area contributed by atoms with Gasteiger partial charge < -0.3 is 10.5 Å². The minimum absolute atomic E-state index is 0.325. The SMILES string of the molecule is COCCN(CCC(N)C(C)C)C(C)C1CC1. The van der Waals surface area contributed by atoms with E-state index in [9.17, 15) is 0 Å². The van der Waals surface area contributed by atoms with Crippen molar-refractivity contribution < 1.29 is 4.74 Å². The van der Waals surface area contributed by atoms with Crippen LogP contribution < -0.4 is 5.73 Å². The zero-order chi connectivity index (χ0) is 12.8. The summed E-state index contributed by atoms with van der Waals surface area (Å²) in [7, 11) is 1.78. The number of ether oxygens (including phenoxy) is 1. The molecule has 1 rings (SSSR count). The third kappa shape index (κ3) is 5.36. The topological polar surface area (TPSA) is 38.5 Å². The lowest BCUT2D eigenvalue weighted by molar-refractivity contribution is 0.113. The van der Waals surface area contributed by atoms with E-state index in [1.807, 2.05) is 0 Å². The summed E-state index contributed by atoms with van der Waals surface area (Å²) in [6, 6.07) is 1.02. The van der Waals surface area contributed by atoms with E-state index >= 15 is 0 Å². The molecule has 0 aromatic heterocycles. The lowest BCUT2D eigenvalue weighted by Gasteiger charge is -2.30. The lowest BCUT2D eigenvalue weighted by atomic mass is 10.0. The number of rotatable bonds is 9. The van der Waals surface area contributed by atoms with E-state index in [0.29, 0.717) is 18.0 Å². The average molecular weight is 242 g/mol. The third-order valence-electron chi connectivity index (χ3n) is 4.07. The van der Waals surface area contributed by atoms with Crippen molar-refractivity contribution in [1.29, 1.82) is 0 Å². The maximum Gasteiger partial charge on any atom is 0.0589 e. The van der Waals surface area contributed by atoms with Gasteiger partial charge in [-0.25, -0.2) is 0 Å². The van der Waals surface area contributed by atoms with Gasteiger partial charge >= 0.3 is 0 Å². The second kappa shape index (κ2) is 7.34. The van der Waals surface area contributed by atoms with E-state index in [4.69, 9.17) is 10.5 Å². The molecular weight excluding hydrogens is 212 g/mol. The molecule has 0 aliphatic heterocycles. The summed E-state index contributed by atoms with van der Waals surface area (Å²) < 4.78 is 5.20. The molecule has 1 aliphatic carbocycles. The lowest BCUT2D eigenvalue weighted by Crippen LogP contribution is -2.40. The third-order valence-corrected chi connectivity index (χ3v) is 4.07. The summed E-state index contributed by atoms with van der Waals surface area (Å²) in [6.07, 6.45) is 3.90. The summed E-state index contributed by atoms with van der Waals surface area (Å²) in [5.74, 6) is 1.50. The Morgan fingerprint density at radius 3 is 2.35 bits per heavy atom. The molecule has 2 atom stereocenters. The molecule has 1 saturated carbocycles. The van der Waals surface area contributed by atoms with Crippen molar-refractivity contribution in [2.45, 2.75) is 52.1 Å². The molecule has 0 aromatic carbocycles. The van der Waals surface area contributed by atoms with Gasteiger partial charge in [0, 0.05) is 32.3 Å². The molecule has 0 radical (unpaired) electrons. The molecule has 0 bridgehead atoms. The fourth-order valence-electron chi connectivity index (χ4n) is 2.25. The predicted octanol–water partition coefficient (Wildman–Crippen LogP) is 2.11. The van der Waals surface area contributed by atoms with Gasteiger partial charge in [-0.2, -0.15) is 0 Å². The fraction of sp³-hybridized carbons (Fsp3) is 1.00. The van der Waals surface area contributed by atoms with Gasteiger partial charge in [0.2, 0.25) is 0 Å². The van der Waals surface area contributed by atoms with Crippen LogP contribution in [0.4, 0.5) is 0 Å². The summed E-state index contributed by atoms with van der Waals surface area (Å²) in [5, 5.41) is 0. The van der Waals surface area contributed by atoms with Gasteiger partial charge in [-0.3, -0.25) is 4.90 Å². The Bertz CT molecular complexity index is 204. The molecule has 2 unspecified atom stereocenters. The quantitative estimate of drug-likeness (QED) is 0.673. The fourth-order valence-corrected chi connectivity index (χ4v) is 2.25. The van der Waals surface area contributed by atoms with Crippen LogP contribution in [0.5, 0.6) is 0 Å². The molecule has 3 nitrogen and oxygen atoms in total. The average Bonchev–Trinajstić information content (AvgIpc) is 3.11. The highest BCUT2D eigenvalue weighted by molar-refractivity contribution is 4.85. The van der Waals surface area contributed by atoms with Crippen molar-refractivity contribution in [1.82, 2.24) is 4.90 Å². The van der Waals surface area contributed by atoms with Crippen LogP contribution in [0.2, 0.25) is 0 Å². The van der Waals surface area contributed by atoms with Crippen LogP contribution >= 0.6 is 0 Å². The molecule has 0 saturated heterocycles. The number of hydrogen-bond acceptors (Lipinski definition) is 3. The van der Waals surface area contributed by atoms with E-state index in [1.165, 1.54) is 12.8 Å². The Kier molecular flexibility index (Phi) is 6.45. The smallest absolute Gasteiger partial charge is 0.0589 e. The molecule has 0 aromatic rings. The minimum atomic E-state index is 0.325. The first-order valence-electron chi connectivity index (χ1n) is 7.04. The van der Waals surface area contributed by atoms with Crippen molar-refractivity contribution in [2.24, 2.45) is 17.6 Å². The van der Waals surface area contributed by atoms with E-state index < -0.39 is 0 Å². The summed E-state index contributed by atoms with van der Waals surface area (Å²) >= 11 is 0.